The molecule has 0 unspecified atom stereocenters. The second kappa shape index (κ2) is 8.82. The number of piperidine rings is 1. The van der Waals surface area contributed by atoms with Crippen molar-refractivity contribution in [2.75, 3.05) is 18.4 Å². The molecule has 2 aliphatic rings. The van der Waals surface area contributed by atoms with Gasteiger partial charge in [0.15, 0.2) is 22.8 Å². The highest BCUT2D eigenvalue weighted by molar-refractivity contribution is 6.31. The highest BCUT2D eigenvalue weighted by atomic mass is 35.5. The number of rotatable bonds is 4. The van der Waals surface area contributed by atoms with Crippen molar-refractivity contribution in [2.24, 2.45) is 0 Å². The topological polar surface area (TPSA) is 120 Å². The van der Waals surface area contributed by atoms with Crippen molar-refractivity contribution in [1.82, 2.24) is 20.1 Å². The number of hydrogen-bond acceptors (Lipinski definition) is 6. The van der Waals surface area contributed by atoms with Gasteiger partial charge in [0.1, 0.15) is 5.82 Å². The Balaban J connectivity index is 1.45. The monoisotopic (exact) mass is 517 g/mol. The number of benzene rings is 2. The van der Waals surface area contributed by atoms with Gasteiger partial charge in [-0.3, -0.25) is 15.2 Å². The van der Waals surface area contributed by atoms with Crippen molar-refractivity contribution in [3.63, 3.8) is 0 Å². The lowest BCUT2D eigenvalue weighted by Crippen LogP contribution is -2.53. The third-order valence-corrected chi connectivity index (χ3v) is 7.00. The molecule has 1 aromatic heterocycles. The maximum atomic E-state index is 15.1. The Labute approximate surface area is 209 Å². The van der Waals surface area contributed by atoms with Gasteiger partial charge in [-0.15, -0.1) is 0 Å². The van der Waals surface area contributed by atoms with Crippen molar-refractivity contribution in [1.29, 1.82) is 0 Å². The number of nitrogens with zero attached hydrogens (tertiary/aromatic N) is 3. The van der Waals surface area contributed by atoms with Crippen LogP contribution in [0.5, 0.6) is 0 Å². The van der Waals surface area contributed by atoms with E-state index in [9.17, 15) is 19.1 Å². The number of nitrogens with one attached hydrogen (secondary N) is 2. The number of hydrogen-bond donors (Lipinski definition) is 3. The molecule has 2 amide bonds. The second-order valence-electron chi connectivity index (χ2n) is 8.85. The Kier molecular flexibility index (Phi) is 5.92. The average Bonchev–Trinajstić information content (AvgIpc) is 3.36. The van der Waals surface area contributed by atoms with Gasteiger partial charge in [0, 0.05) is 6.54 Å². The number of H-pyrrole nitrogens is 1. The fourth-order valence-corrected chi connectivity index (χ4v) is 5.01. The number of carbonyl (C=O) groups excluding carboxylic acids is 2. The molecule has 188 valence electrons. The summed E-state index contributed by atoms with van der Waals surface area (Å²) in [6, 6.07) is 8.11. The summed E-state index contributed by atoms with van der Waals surface area (Å²) in [5.41, 5.74) is -2.40. The number of carbonyl (C=O) groups is 2. The van der Waals surface area contributed by atoms with Crippen molar-refractivity contribution < 1.29 is 28.2 Å². The normalized spacial score (nSPS) is 20.9. The molecule has 9 nitrogen and oxygen atoms in total. The predicted molar refractivity (Wildman–Crippen MR) is 124 cm³/mol. The summed E-state index contributed by atoms with van der Waals surface area (Å²) in [6.45, 7) is 1.88. The second-order valence-corrected chi connectivity index (χ2v) is 9.26. The summed E-state index contributed by atoms with van der Waals surface area (Å²) in [4.78, 5) is 31.3. The van der Waals surface area contributed by atoms with Gasteiger partial charge in [0.2, 0.25) is 5.82 Å². The maximum absolute atomic E-state index is 15.1. The van der Waals surface area contributed by atoms with E-state index in [1.54, 1.807) is 6.92 Å². The van der Waals surface area contributed by atoms with Crippen molar-refractivity contribution in [3.8, 4) is 0 Å². The number of halogens is 3. The molecular formula is C24H22ClF2N5O4. The van der Waals surface area contributed by atoms with Gasteiger partial charge in [-0.25, -0.2) is 18.6 Å². The zero-order valence-electron chi connectivity index (χ0n) is 19.1. The molecule has 12 heteroatoms. The molecule has 1 fully saturated rings. The van der Waals surface area contributed by atoms with Gasteiger partial charge in [0.25, 0.3) is 5.91 Å². The van der Waals surface area contributed by atoms with Gasteiger partial charge in [-0.2, -0.15) is 5.10 Å². The molecule has 36 heavy (non-hydrogen) atoms. The third-order valence-electron chi connectivity index (χ3n) is 6.71. The Morgan fingerprint density at radius 2 is 2.03 bits per heavy atom. The molecule has 3 aromatic rings. The van der Waals surface area contributed by atoms with E-state index in [1.807, 2.05) is 0 Å². The number of anilines is 1. The van der Waals surface area contributed by atoms with Crippen LogP contribution in [0.4, 0.5) is 19.3 Å². The van der Waals surface area contributed by atoms with E-state index in [1.165, 1.54) is 41.3 Å². The molecule has 2 aromatic carbocycles. The molecule has 5 rings (SSSR count). The first-order chi connectivity index (χ1) is 17.2. The van der Waals surface area contributed by atoms with Crippen LogP contribution in [0, 0.1) is 11.6 Å². The van der Waals surface area contributed by atoms with Crippen molar-refractivity contribution in [2.45, 2.75) is 37.4 Å². The van der Waals surface area contributed by atoms with Gasteiger partial charge < -0.3 is 14.7 Å². The number of aromatic amines is 1. The lowest BCUT2D eigenvalue weighted by Gasteiger charge is -2.44. The van der Waals surface area contributed by atoms with Crippen LogP contribution >= 0.6 is 11.6 Å². The van der Waals surface area contributed by atoms with E-state index < -0.39 is 34.8 Å². The number of ether oxygens (including phenoxy) is 1. The molecule has 0 saturated carbocycles. The Bertz CT molecular complexity index is 1350. The average molecular weight is 518 g/mol. The first kappa shape index (κ1) is 24.1. The largest absolute Gasteiger partial charge is 0.436 e. The highest BCUT2D eigenvalue weighted by Gasteiger charge is 2.49. The molecule has 0 bridgehead atoms. The summed E-state index contributed by atoms with van der Waals surface area (Å²) >= 11 is 6.01. The van der Waals surface area contributed by atoms with Crippen LogP contribution in [0.2, 0.25) is 5.02 Å². The molecule has 1 saturated heterocycles. The first-order valence-electron chi connectivity index (χ1n) is 11.4. The third kappa shape index (κ3) is 3.88. The van der Waals surface area contributed by atoms with Gasteiger partial charge in [0.05, 0.1) is 22.8 Å². The molecule has 0 aliphatic carbocycles. The summed E-state index contributed by atoms with van der Waals surface area (Å²) in [7, 11) is 0. The van der Waals surface area contributed by atoms with E-state index >= 15 is 4.39 Å². The fraction of sp³-hybridized carbons (Fsp3) is 0.333. The zero-order chi connectivity index (χ0) is 25.7. The van der Waals surface area contributed by atoms with Gasteiger partial charge >= 0.3 is 6.09 Å². The van der Waals surface area contributed by atoms with Crippen LogP contribution < -0.4 is 5.32 Å². The summed E-state index contributed by atoms with van der Waals surface area (Å²) < 4.78 is 34.1. The SMILES string of the molecule is CC[C@@](O)(c1ccc(F)cc1)c1n[nH]c(C(=O)N2CCC[C@@]3(C2)OC(=O)Nc2ccc(Cl)c(F)c23)n1. The minimum atomic E-state index is -1.66. The molecular weight excluding hydrogens is 496 g/mol. The maximum Gasteiger partial charge on any atom is 0.412 e. The van der Waals surface area contributed by atoms with E-state index in [0.717, 1.165) is 0 Å². The zero-order valence-corrected chi connectivity index (χ0v) is 19.9. The molecule has 3 N–H and O–H groups in total. The predicted octanol–water partition coefficient (Wildman–Crippen LogP) is 4.08. The standard InChI is InChI=1S/C24H22ClF2N5O4/c1-2-24(35,13-4-6-14(26)7-5-13)21-29-19(30-31-21)20(33)32-11-3-10-23(12-32)17-16(28-22(34)36-23)9-8-15(25)18(17)27/h4-9,35H,2-3,10-12H2,1H3,(H,28,34)(H,29,30,31)/t23-,24+/m0/s1. The van der Waals surface area contributed by atoms with E-state index in [0.29, 0.717) is 18.5 Å². The van der Waals surface area contributed by atoms with Crippen LogP contribution in [0.15, 0.2) is 36.4 Å². The number of fused-ring (bicyclic) bond motifs is 2. The fourth-order valence-electron chi connectivity index (χ4n) is 4.86. The van der Waals surface area contributed by atoms with E-state index in [4.69, 9.17) is 16.3 Å². The number of amides is 2. The highest BCUT2D eigenvalue weighted by Crippen LogP contribution is 2.45. The smallest absolute Gasteiger partial charge is 0.412 e. The van der Waals surface area contributed by atoms with Crippen LogP contribution in [0.25, 0.3) is 0 Å². The molecule has 1 spiro atoms. The number of likely N-dealkylation sites (tertiary alicyclic amines) is 1. The summed E-state index contributed by atoms with van der Waals surface area (Å²) in [5.74, 6) is -1.95. The molecule has 2 atom stereocenters. The van der Waals surface area contributed by atoms with Gasteiger partial charge in [-0.1, -0.05) is 30.7 Å². The van der Waals surface area contributed by atoms with Crippen molar-refractivity contribution >= 4 is 29.3 Å². The van der Waals surface area contributed by atoms with Crippen LogP contribution in [0.1, 0.15) is 53.8 Å². The Morgan fingerprint density at radius 3 is 2.75 bits per heavy atom. The van der Waals surface area contributed by atoms with E-state index in [2.05, 4.69) is 20.5 Å². The van der Waals surface area contributed by atoms with E-state index in [-0.39, 0.29) is 47.3 Å². The van der Waals surface area contributed by atoms with Gasteiger partial charge in [-0.05, 0) is 49.1 Å². The quantitative estimate of drug-likeness (QED) is 0.479. The summed E-state index contributed by atoms with van der Waals surface area (Å²) in [6.07, 6.45) is 0.111. The number of aliphatic hydroxyl groups is 1. The first-order valence-corrected chi connectivity index (χ1v) is 11.7. The summed E-state index contributed by atoms with van der Waals surface area (Å²) in [5, 5.41) is 20.2. The minimum Gasteiger partial charge on any atom is -0.436 e. The lowest BCUT2D eigenvalue weighted by atomic mass is 9.83. The molecule has 3 heterocycles. The Hall–Kier alpha value is -3.57. The van der Waals surface area contributed by atoms with Crippen LogP contribution in [-0.4, -0.2) is 50.3 Å². The van der Waals surface area contributed by atoms with Crippen molar-refractivity contribution in [3.05, 3.63) is 75.8 Å². The van der Waals surface area contributed by atoms with Crippen LogP contribution in [-0.2, 0) is 15.9 Å². The number of aromatic nitrogens is 3. The minimum absolute atomic E-state index is 0.0526. The molecule has 0 radical (unpaired) electrons. The lowest BCUT2D eigenvalue weighted by molar-refractivity contribution is -0.0421. The Morgan fingerprint density at radius 1 is 1.28 bits per heavy atom. The van der Waals surface area contributed by atoms with Crippen LogP contribution in [0.3, 0.4) is 0 Å². The molecule has 2 aliphatic heterocycles.